The Bertz CT molecular complexity index is 3860. The van der Waals surface area contributed by atoms with Crippen molar-refractivity contribution in [1.29, 1.82) is 0 Å². The fraction of sp³-hybridized carbons (Fsp3) is 0. The fourth-order valence-corrected chi connectivity index (χ4v) is 10.2. The highest BCUT2D eigenvalue weighted by molar-refractivity contribution is 6.17. The molecule has 3 aromatic heterocycles. The highest BCUT2D eigenvalue weighted by atomic mass is 14.8. The third-order valence-corrected chi connectivity index (χ3v) is 13.4. The van der Waals surface area contributed by atoms with Crippen molar-refractivity contribution < 1.29 is 0 Å². The van der Waals surface area contributed by atoms with E-state index in [1.165, 1.54) is 43.1 Å². The molecule has 0 amide bonds. The zero-order valence-corrected chi connectivity index (χ0v) is 37.0. The summed E-state index contributed by atoms with van der Waals surface area (Å²) in [6.45, 7) is 0. The van der Waals surface area contributed by atoms with E-state index in [-0.39, 0.29) is 0 Å². The Hall–Kier alpha value is -9.12. The normalized spacial score (nSPS) is 12.5. The molecule has 0 spiro atoms. The first-order valence-electron chi connectivity index (χ1n) is 23.1. The van der Waals surface area contributed by atoms with Gasteiger partial charge in [-0.25, -0.2) is 9.97 Å². The topological polar surface area (TPSA) is 57.4 Å². The van der Waals surface area contributed by atoms with Crippen molar-refractivity contribution in [1.82, 2.24) is 19.9 Å². The summed E-state index contributed by atoms with van der Waals surface area (Å²) in [5.41, 5.74) is 15.8. The third-order valence-electron chi connectivity index (χ3n) is 13.4. The number of rotatable bonds is 6. The van der Waals surface area contributed by atoms with Crippen LogP contribution in [0.2, 0.25) is 0 Å². The summed E-state index contributed by atoms with van der Waals surface area (Å²) in [6.07, 6.45) is 17.4. The Labute approximate surface area is 393 Å². The fourth-order valence-electron chi connectivity index (χ4n) is 10.2. The second-order valence-corrected chi connectivity index (χ2v) is 17.4. The van der Waals surface area contributed by atoms with Crippen LogP contribution in [0.5, 0.6) is 0 Å². The zero-order chi connectivity index (χ0) is 45.0. The Balaban J connectivity index is 1.19. The van der Waals surface area contributed by atoms with Crippen LogP contribution in [0.15, 0.2) is 194 Å². The van der Waals surface area contributed by atoms with E-state index in [4.69, 9.17) is 9.97 Å². The lowest BCUT2D eigenvalue weighted by atomic mass is 9.92. The molecule has 8 bridgehead atoms. The van der Waals surface area contributed by atoms with Gasteiger partial charge in [-0.2, -0.15) is 0 Å². The van der Waals surface area contributed by atoms with Crippen molar-refractivity contribution in [2.75, 3.05) is 0 Å². The molecule has 2 aliphatic rings. The number of nitrogens with one attached hydrogen (secondary N) is 2. The first kappa shape index (κ1) is 39.3. The lowest BCUT2D eigenvalue weighted by molar-refractivity contribution is 1.30. The van der Waals surface area contributed by atoms with Gasteiger partial charge in [-0.05, 0) is 126 Å². The van der Waals surface area contributed by atoms with Crippen molar-refractivity contribution in [2.45, 2.75) is 0 Å². The minimum atomic E-state index is 0.867. The van der Waals surface area contributed by atoms with E-state index in [9.17, 15) is 0 Å². The predicted molar refractivity (Wildman–Crippen MR) is 290 cm³/mol. The summed E-state index contributed by atoms with van der Waals surface area (Å²) in [5, 5.41) is 9.53. The highest BCUT2D eigenvalue weighted by Crippen LogP contribution is 2.42. The van der Waals surface area contributed by atoms with Gasteiger partial charge in [0, 0.05) is 44.3 Å². The molecule has 318 valence electrons. The lowest BCUT2D eigenvalue weighted by Crippen LogP contribution is -1.91. The summed E-state index contributed by atoms with van der Waals surface area (Å²) in [5.74, 6) is 0. The lowest BCUT2D eigenvalue weighted by Gasteiger charge is -2.12. The monoisotopic (exact) mass is 866 g/mol. The molecule has 0 fully saturated rings. The van der Waals surface area contributed by atoms with Crippen molar-refractivity contribution >= 4 is 114 Å². The number of hydrogen-bond donors (Lipinski definition) is 2. The second-order valence-electron chi connectivity index (χ2n) is 17.4. The average Bonchev–Trinajstić information content (AvgIpc) is 4.26. The first-order chi connectivity index (χ1) is 33.7. The molecule has 68 heavy (non-hydrogen) atoms. The number of H-pyrrole nitrogens is 2. The van der Waals surface area contributed by atoms with Crippen LogP contribution in [0, 0.1) is 0 Å². The second kappa shape index (κ2) is 16.4. The number of benzene rings is 8. The van der Waals surface area contributed by atoms with E-state index in [0.717, 1.165) is 89.4 Å². The van der Waals surface area contributed by atoms with Gasteiger partial charge < -0.3 is 9.97 Å². The molecule has 13 rings (SSSR count). The predicted octanol–water partition coefficient (Wildman–Crippen LogP) is 16.9. The number of aromatic amines is 2. The molecule has 5 heterocycles. The Morgan fingerprint density at radius 1 is 0.294 bits per heavy atom. The molecule has 4 heteroatoms. The molecule has 11 aromatic rings. The van der Waals surface area contributed by atoms with Crippen LogP contribution in [-0.4, -0.2) is 19.9 Å². The maximum atomic E-state index is 5.60. The van der Waals surface area contributed by atoms with Crippen molar-refractivity contribution in [3.63, 3.8) is 0 Å². The minimum Gasteiger partial charge on any atom is -0.354 e. The minimum absolute atomic E-state index is 0.867. The number of fused-ring (bicyclic) bond motifs is 14. The summed E-state index contributed by atoms with van der Waals surface area (Å²) < 4.78 is 0. The van der Waals surface area contributed by atoms with Crippen molar-refractivity contribution in [2.24, 2.45) is 0 Å². The molecule has 0 unspecified atom stereocenters. The molecular formula is C64H42N4. The molecule has 2 aliphatic heterocycles. The molecule has 2 N–H and O–H groups in total. The largest absolute Gasteiger partial charge is 0.354 e. The Kier molecular flexibility index (Phi) is 9.47. The zero-order valence-electron chi connectivity index (χ0n) is 37.0. The van der Waals surface area contributed by atoms with Crippen molar-refractivity contribution in [3.8, 4) is 22.3 Å². The standard InChI is InChI=1S/C64H42N4/c1-3-15-41(16-4-1)27-29-51-55-31-35-59(65-55)63(53-39-43-19-7-9-21-45(43)47-23-11-13-25-49(47)53)61-37-33-57(67-61)52(30-28-42-17-5-2-6-18-42)58-34-38-62(68-58)64(60-36-32-56(51)66-60)54-40-44-20-8-10-22-46(44)48-24-12-14-26-50(48)54/h1-40,65,68H/b29-27+,30-28+,55-51?,56-51?,57-52?,58-52?,63-59?,63-61?,64-60?,64-62?. The quantitative estimate of drug-likeness (QED) is 0.164. The van der Waals surface area contributed by atoms with E-state index in [1.54, 1.807) is 0 Å². The van der Waals surface area contributed by atoms with Crippen LogP contribution < -0.4 is 0 Å². The Morgan fingerprint density at radius 2 is 0.647 bits per heavy atom. The van der Waals surface area contributed by atoms with E-state index >= 15 is 0 Å². The summed E-state index contributed by atoms with van der Waals surface area (Å²) in [7, 11) is 0. The smallest absolute Gasteiger partial charge is 0.0737 e. The Morgan fingerprint density at radius 3 is 1.09 bits per heavy atom. The average molecular weight is 867 g/mol. The van der Waals surface area contributed by atoms with E-state index in [0.29, 0.717) is 0 Å². The first-order valence-corrected chi connectivity index (χ1v) is 23.1. The van der Waals surface area contributed by atoms with E-state index in [2.05, 4.69) is 253 Å². The van der Waals surface area contributed by atoms with Gasteiger partial charge in [-0.3, -0.25) is 0 Å². The van der Waals surface area contributed by atoms with Gasteiger partial charge in [0.05, 0.1) is 22.8 Å². The SMILES string of the molecule is C1=Cc2nc1c(/C=C/c1ccccc1)c1ccc([nH]1)c(-c1cc3ccccc3c3ccccc13)c1nc(c(/C=C/c3ccccc3)c3ccc([nH]3)c2-c2cc3ccccc3c3ccccc23)C=C1. The van der Waals surface area contributed by atoms with Crippen LogP contribution in [-0.2, 0) is 0 Å². The molecule has 0 saturated heterocycles. The van der Waals surface area contributed by atoms with E-state index in [1.807, 2.05) is 0 Å². The molecule has 0 saturated carbocycles. The highest BCUT2D eigenvalue weighted by Gasteiger charge is 2.20. The molecule has 0 aliphatic carbocycles. The van der Waals surface area contributed by atoms with Crippen LogP contribution in [0.1, 0.15) is 45.0 Å². The van der Waals surface area contributed by atoms with Crippen LogP contribution in [0.25, 0.3) is 136 Å². The van der Waals surface area contributed by atoms with Crippen LogP contribution in [0.4, 0.5) is 0 Å². The molecule has 0 atom stereocenters. The molecule has 4 nitrogen and oxygen atoms in total. The number of aromatic nitrogens is 4. The van der Waals surface area contributed by atoms with Gasteiger partial charge in [0.15, 0.2) is 0 Å². The van der Waals surface area contributed by atoms with Crippen molar-refractivity contribution in [3.05, 3.63) is 239 Å². The van der Waals surface area contributed by atoms with Crippen LogP contribution in [0.3, 0.4) is 0 Å². The van der Waals surface area contributed by atoms with Gasteiger partial charge in [-0.1, -0.05) is 182 Å². The van der Waals surface area contributed by atoms with Gasteiger partial charge in [0.25, 0.3) is 0 Å². The van der Waals surface area contributed by atoms with Crippen LogP contribution >= 0.6 is 0 Å². The van der Waals surface area contributed by atoms with Gasteiger partial charge in [0.1, 0.15) is 0 Å². The van der Waals surface area contributed by atoms with Gasteiger partial charge >= 0.3 is 0 Å². The third kappa shape index (κ3) is 6.86. The maximum absolute atomic E-state index is 5.60. The molecule has 0 radical (unpaired) electrons. The maximum Gasteiger partial charge on any atom is 0.0737 e. The molecular weight excluding hydrogens is 825 g/mol. The summed E-state index contributed by atoms with van der Waals surface area (Å²) >= 11 is 0. The number of hydrogen-bond acceptors (Lipinski definition) is 2. The van der Waals surface area contributed by atoms with Gasteiger partial charge in [0.2, 0.25) is 0 Å². The number of nitrogens with zero attached hydrogens (tertiary/aromatic N) is 2. The summed E-state index contributed by atoms with van der Waals surface area (Å²) in [4.78, 5) is 19.1. The van der Waals surface area contributed by atoms with E-state index < -0.39 is 0 Å². The van der Waals surface area contributed by atoms with Gasteiger partial charge in [-0.15, -0.1) is 0 Å². The summed E-state index contributed by atoms with van der Waals surface area (Å²) in [6, 6.07) is 69.2. The molecule has 8 aromatic carbocycles.